The Morgan fingerprint density at radius 1 is 1.00 bits per heavy atom. The number of hydrogen-bond donors (Lipinski definition) is 0. The quantitative estimate of drug-likeness (QED) is 0.781. The van der Waals surface area contributed by atoms with Gasteiger partial charge in [-0.25, -0.2) is 0 Å². The second-order valence-corrected chi connectivity index (χ2v) is 8.30. The molecule has 3 saturated heterocycles. The van der Waals surface area contributed by atoms with Crippen molar-refractivity contribution in [3.8, 4) is 0 Å². The fourth-order valence-electron chi connectivity index (χ4n) is 4.86. The van der Waals surface area contributed by atoms with Crippen LogP contribution in [0.4, 0.5) is 0 Å². The second-order valence-electron chi connectivity index (χ2n) is 8.30. The van der Waals surface area contributed by atoms with E-state index in [1.807, 2.05) is 39.7 Å². The van der Waals surface area contributed by atoms with Crippen LogP contribution in [-0.2, 0) is 16.6 Å². The normalized spacial score (nSPS) is 25.1. The van der Waals surface area contributed by atoms with E-state index in [9.17, 15) is 9.59 Å². The highest BCUT2D eigenvalue weighted by Crippen LogP contribution is 2.26. The number of nitrogens with zero attached hydrogens (tertiary/aromatic N) is 4. The average molecular weight is 389 g/mol. The third-order valence-corrected chi connectivity index (χ3v) is 6.56. The first-order chi connectivity index (χ1) is 13.6. The van der Waals surface area contributed by atoms with E-state index >= 15 is 0 Å². The largest absolute Gasteiger partial charge is 0.378 e. The molecule has 1 unspecified atom stereocenters. The van der Waals surface area contributed by atoms with Gasteiger partial charge < -0.3 is 19.1 Å². The molecule has 2 amide bonds. The van der Waals surface area contributed by atoms with Crippen LogP contribution in [0.15, 0.2) is 18.3 Å². The summed E-state index contributed by atoms with van der Waals surface area (Å²) in [5, 5.41) is 0. The number of carbonyl (C=O) groups excluding carboxylic acids is 2. The van der Waals surface area contributed by atoms with Gasteiger partial charge >= 0.3 is 0 Å². The number of aryl methyl sites for hydroxylation is 1. The first-order valence-electron chi connectivity index (χ1n) is 10.6. The molecule has 0 bridgehead atoms. The summed E-state index contributed by atoms with van der Waals surface area (Å²) < 4.78 is 7.27. The smallest absolute Gasteiger partial charge is 0.270 e. The maximum atomic E-state index is 12.9. The summed E-state index contributed by atoms with van der Waals surface area (Å²) in [5.74, 6) is 0.559. The highest BCUT2D eigenvalue weighted by atomic mass is 16.5. The molecule has 4 heterocycles. The van der Waals surface area contributed by atoms with E-state index in [-0.39, 0.29) is 11.8 Å². The zero-order valence-electron chi connectivity index (χ0n) is 16.9. The van der Waals surface area contributed by atoms with E-state index in [4.69, 9.17) is 4.74 Å². The Labute approximate surface area is 167 Å². The van der Waals surface area contributed by atoms with Crippen LogP contribution in [0, 0.1) is 5.92 Å². The lowest BCUT2D eigenvalue weighted by molar-refractivity contribution is -0.141. The standard InChI is InChI=1S/C21H32N4O3/c1-22-8-3-5-19(22)21(27)23-10-6-18(7-11-23)25-9-2-4-17(16-25)20(26)24-12-14-28-15-13-24/h3,5,8,17-18H,2,4,6-7,9-16H2,1H3. The zero-order valence-corrected chi connectivity index (χ0v) is 16.9. The number of amides is 2. The fourth-order valence-corrected chi connectivity index (χ4v) is 4.86. The molecule has 0 aliphatic carbocycles. The molecule has 3 aliphatic rings. The van der Waals surface area contributed by atoms with Crippen LogP contribution >= 0.6 is 0 Å². The number of likely N-dealkylation sites (tertiary alicyclic amines) is 2. The van der Waals surface area contributed by atoms with Crippen molar-refractivity contribution in [3.63, 3.8) is 0 Å². The number of morpholine rings is 1. The summed E-state index contributed by atoms with van der Waals surface area (Å²) in [5.41, 5.74) is 0.757. The maximum absolute atomic E-state index is 12.9. The summed E-state index contributed by atoms with van der Waals surface area (Å²) in [6, 6.07) is 4.29. The molecule has 1 aromatic heterocycles. The molecule has 7 nitrogen and oxygen atoms in total. The van der Waals surface area contributed by atoms with Crippen molar-refractivity contribution in [3.05, 3.63) is 24.0 Å². The van der Waals surface area contributed by atoms with Crippen LogP contribution in [-0.4, -0.2) is 89.6 Å². The lowest BCUT2D eigenvalue weighted by atomic mass is 9.92. The predicted molar refractivity (Wildman–Crippen MR) is 106 cm³/mol. The Kier molecular flexibility index (Phi) is 6.01. The fraction of sp³-hybridized carbons (Fsp3) is 0.714. The van der Waals surface area contributed by atoms with Gasteiger partial charge in [0.25, 0.3) is 5.91 Å². The molecule has 0 saturated carbocycles. The molecule has 1 aromatic rings. The summed E-state index contributed by atoms with van der Waals surface area (Å²) in [6.07, 6.45) is 5.99. The molecule has 3 fully saturated rings. The minimum atomic E-state index is 0.120. The van der Waals surface area contributed by atoms with Gasteiger partial charge in [0, 0.05) is 52.0 Å². The number of aromatic nitrogens is 1. The number of carbonyl (C=O) groups is 2. The molecule has 28 heavy (non-hydrogen) atoms. The summed E-state index contributed by atoms with van der Waals surface area (Å²) >= 11 is 0. The van der Waals surface area contributed by atoms with Gasteiger partial charge in [0.1, 0.15) is 5.69 Å². The zero-order chi connectivity index (χ0) is 19.5. The highest BCUT2D eigenvalue weighted by molar-refractivity contribution is 5.92. The summed E-state index contributed by atoms with van der Waals surface area (Å²) in [6.45, 7) is 6.33. The SMILES string of the molecule is Cn1cccc1C(=O)N1CCC(N2CCCC(C(=O)N3CCOCC3)C2)CC1. The van der Waals surface area contributed by atoms with Crippen molar-refractivity contribution in [2.75, 3.05) is 52.5 Å². The van der Waals surface area contributed by atoms with Crippen LogP contribution in [0.5, 0.6) is 0 Å². The lowest BCUT2D eigenvalue weighted by Gasteiger charge is -2.43. The van der Waals surface area contributed by atoms with E-state index < -0.39 is 0 Å². The van der Waals surface area contributed by atoms with Gasteiger partial charge in [-0.05, 0) is 44.4 Å². The van der Waals surface area contributed by atoms with Crippen LogP contribution in [0.25, 0.3) is 0 Å². The topological polar surface area (TPSA) is 58.0 Å². The molecule has 0 N–H and O–H groups in total. The van der Waals surface area contributed by atoms with Crippen LogP contribution in [0.3, 0.4) is 0 Å². The van der Waals surface area contributed by atoms with E-state index in [2.05, 4.69) is 4.90 Å². The van der Waals surface area contributed by atoms with Crippen molar-refractivity contribution in [1.82, 2.24) is 19.3 Å². The Bertz CT molecular complexity index is 690. The van der Waals surface area contributed by atoms with E-state index in [0.29, 0.717) is 25.2 Å². The Hall–Kier alpha value is -1.86. The lowest BCUT2D eigenvalue weighted by Crippen LogP contribution is -2.53. The van der Waals surface area contributed by atoms with E-state index in [0.717, 1.165) is 70.6 Å². The van der Waals surface area contributed by atoms with Crippen molar-refractivity contribution in [2.24, 2.45) is 13.0 Å². The minimum Gasteiger partial charge on any atom is -0.378 e. The van der Waals surface area contributed by atoms with Crippen LogP contribution in [0.1, 0.15) is 36.2 Å². The van der Waals surface area contributed by atoms with Gasteiger partial charge in [-0.2, -0.15) is 0 Å². The minimum absolute atomic E-state index is 0.120. The molecular formula is C21H32N4O3. The Morgan fingerprint density at radius 2 is 1.75 bits per heavy atom. The third-order valence-electron chi connectivity index (χ3n) is 6.56. The molecule has 0 spiro atoms. The van der Waals surface area contributed by atoms with Gasteiger partial charge in [-0.15, -0.1) is 0 Å². The summed E-state index contributed by atoms with van der Waals surface area (Å²) in [7, 11) is 1.92. The number of hydrogen-bond acceptors (Lipinski definition) is 4. The molecule has 3 aliphatic heterocycles. The first kappa shape index (κ1) is 19.5. The van der Waals surface area contributed by atoms with Gasteiger partial charge in [0.2, 0.25) is 5.91 Å². The van der Waals surface area contributed by atoms with E-state index in [1.165, 1.54) is 0 Å². The third kappa shape index (κ3) is 4.10. The molecule has 154 valence electrons. The van der Waals surface area contributed by atoms with Gasteiger partial charge in [0.05, 0.1) is 19.1 Å². The molecule has 0 aromatic carbocycles. The molecule has 1 atom stereocenters. The van der Waals surface area contributed by atoms with Crippen LogP contribution in [0.2, 0.25) is 0 Å². The summed E-state index contributed by atoms with van der Waals surface area (Å²) in [4.78, 5) is 32.1. The number of piperidine rings is 2. The molecule has 4 rings (SSSR count). The maximum Gasteiger partial charge on any atom is 0.270 e. The van der Waals surface area contributed by atoms with Crippen molar-refractivity contribution < 1.29 is 14.3 Å². The van der Waals surface area contributed by atoms with Crippen molar-refractivity contribution in [1.29, 1.82) is 0 Å². The Balaban J connectivity index is 1.30. The Morgan fingerprint density at radius 3 is 2.43 bits per heavy atom. The highest BCUT2D eigenvalue weighted by Gasteiger charge is 2.34. The molecule has 7 heteroatoms. The van der Waals surface area contributed by atoms with Crippen molar-refractivity contribution in [2.45, 2.75) is 31.7 Å². The second kappa shape index (κ2) is 8.66. The first-order valence-corrected chi connectivity index (χ1v) is 10.6. The molecular weight excluding hydrogens is 356 g/mol. The number of rotatable bonds is 3. The average Bonchev–Trinajstić information content (AvgIpc) is 3.19. The van der Waals surface area contributed by atoms with Gasteiger partial charge in [-0.3, -0.25) is 14.5 Å². The van der Waals surface area contributed by atoms with Crippen molar-refractivity contribution >= 4 is 11.8 Å². The predicted octanol–water partition coefficient (Wildman–Crippen LogP) is 1.20. The van der Waals surface area contributed by atoms with Gasteiger partial charge in [0.15, 0.2) is 0 Å². The van der Waals surface area contributed by atoms with E-state index in [1.54, 1.807) is 0 Å². The van der Waals surface area contributed by atoms with Crippen LogP contribution < -0.4 is 0 Å². The monoisotopic (exact) mass is 388 g/mol. The number of ether oxygens (including phenoxy) is 1. The van der Waals surface area contributed by atoms with Gasteiger partial charge in [-0.1, -0.05) is 0 Å². The molecule has 0 radical (unpaired) electrons.